The van der Waals surface area contributed by atoms with Crippen molar-refractivity contribution in [1.29, 1.82) is 0 Å². The van der Waals surface area contributed by atoms with E-state index >= 15 is 0 Å². The molecule has 3 amide bonds. The van der Waals surface area contributed by atoms with E-state index in [1.54, 1.807) is 41.6 Å². The van der Waals surface area contributed by atoms with E-state index in [-0.39, 0.29) is 78.4 Å². The molecule has 7 aliphatic rings. The van der Waals surface area contributed by atoms with Crippen LogP contribution in [-0.2, 0) is 47.9 Å². The van der Waals surface area contributed by atoms with Gasteiger partial charge in [0.1, 0.15) is 29.9 Å². The van der Waals surface area contributed by atoms with E-state index in [1.165, 1.54) is 23.5 Å². The van der Waals surface area contributed by atoms with Crippen LogP contribution in [0, 0.1) is 28.8 Å². The third kappa shape index (κ3) is 14.7. The van der Waals surface area contributed by atoms with Crippen LogP contribution in [0.15, 0.2) is 79.1 Å². The van der Waals surface area contributed by atoms with Crippen molar-refractivity contribution in [3.63, 3.8) is 0 Å². The summed E-state index contributed by atoms with van der Waals surface area (Å²) in [6, 6.07) is 17.8. The Morgan fingerprint density at radius 1 is 0.906 bits per heavy atom. The Kier molecular flexibility index (Phi) is 20.0. The van der Waals surface area contributed by atoms with Crippen molar-refractivity contribution in [2.24, 2.45) is 22.0 Å². The normalized spacial score (nSPS) is 26.2. The number of nitrogens with two attached hydrogens (primary N) is 1. The van der Waals surface area contributed by atoms with Crippen LogP contribution in [0.1, 0.15) is 121 Å². The summed E-state index contributed by atoms with van der Waals surface area (Å²) in [5, 5.41) is 62.3. The molecule has 28 heteroatoms. The number of pyridine rings is 2. The molecular formula is C68H80N11O15PS. The number of carboxylic acid groups (broad SMARTS) is 2. The Bertz CT molecular complexity index is 4050. The number of nitrogens with zero attached hydrogens (tertiary/aromatic N) is 8. The summed E-state index contributed by atoms with van der Waals surface area (Å²) in [6.07, 6.45) is 5.29. The first-order valence-corrected chi connectivity index (χ1v) is 34.1. The zero-order valence-electron chi connectivity index (χ0n) is 53.7. The van der Waals surface area contributed by atoms with Gasteiger partial charge >= 0.3 is 216 Å². The summed E-state index contributed by atoms with van der Waals surface area (Å²) in [7, 11) is -0.158. The number of ether oxygens (including phenoxy) is 4. The second-order valence-electron chi connectivity index (χ2n) is 27.2. The Morgan fingerprint density at radius 3 is 2.44 bits per heavy atom. The van der Waals surface area contributed by atoms with E-state index in [9.17, 15) is 54.1 Å². The molecule has 7 atom stereocenters. The minimum absolute atomic E-state index is 0.0343. The van der Waals surface area contributed by atoms with Gasteiger partial charge in [0.25, 0.3) is 5.91 Å². The van der Waals surface area contributed by atoms with Gasteiger partial charge in [0, 0.05) is 54.6 Å². The monoisotopic (exact) mass is 1350 g/mol. The third-order valence-electron chi connectivity index (χ3n) is 19.8. The maximum absolute atomic E-state index is 13.8. The van der Waals surface area contributed by atoms with Crippen LogP contribution >= 0.6 is 19.3 Å². The SMILES string of the molecule is Cc1c(-c2ccc(N3CCc4cccc(C(=O)Nc5nc6ncccc6s5)c4C3)nc2C(=O)O)cnn1CC12CC3(C)CC(C)(C1)CC(OCCN(CCC#P=O)C1CCN(C(=O)OC/C=C/c4ccc(O[C@@H]5O[C@H](C(=O)O)[C@@H](O)[C@H](O)[C@H]5O)c(NC(=O)CCN)c4)CC1)(C3)C2. The number of nitrogens with one attached hydrogen (secondary N) is 2. The predicted molar refractivity (Wildman–Crippen MR) is 355 cm³/mol. The number of aliphatic hydroxyl groups is 3. The van der Waals surface area contributed by atoms with Crippen molar-refractivity contribution < 1.29 is 73.0 Å². The van der Waals surface area contributed by atoms with Gasteiger partial charge in [-0.2, -0.15) is 10.1 Å². The summed E-state index contributed by atoms with van der Waals surface area (Å²) in [6.45, 7) is 11.0. The third-order valence-corrected chi connectivity index (χ3v) is 21.0. The average molecular weight is 1350 g/mol. The number of aliphatic hydroxyl groups excluding tert-OH is 3. The van der Waals surface area contributed by atoms with Gasteiger partial charge in [0.05, 0.1) is 16.6 Å². The number of likely N-dealkylation sites (tertiary alicyclic amines) is 1. The van der Waals surface area contributed by atoms with Crippen LogP contribution in [-0.4, -0.2) is 185 Å². The molecule has 0 radical (unpaired) electrons. The summed E-state index contributed by atoms with van der Waals surface area (Å²) in [4.78, 5) is 84.4. The second kappa shape index (κ2) is 28.3. The first-order chi connectivity index (χ1) is 46.0. The summed E-state index contributed by atoms with van der Waals surface area (Å²) >= 11 is 1.35. The summed E-state index contributed by atoms with van der Waals surface area (Å²) in [5.41, 5.74) is 13.7. The van der Waals surface area contributed by atoms with E-state index in [1.807, 2.05) is 48.2 Å². The molecule has 4 saturated carbocycles. The van der Waals surface area contributed by atoms with Crippen LogP contribution in [0.4, 0.5) is 21.4 Å². The van der Waals surface area contributed by atoms with Crippen molar-refractivity contribution in [3.05, 3.63) is 113 Å². The van der Waals surface area contributed by atoms with Gasteiger partial charge in [-0.25, -0.2) is 19.6 Å². The molecule has 2 aromatic carbocycles. The number of aromatic nitrogens is 5. The molecule has 4 bridgehead atoms. The molecule has 26 nitrogen and oxygen atoms in total. The maximum atomic E-state index is 13.8. The molecule has 4 aromatic heterocycles. The van der Waals surface area contributed by atoms with Gasteiger partial charge in [-0.05, 0) is 72.5 Å². The van der Waals surface area contributed by atoms with Crippen LogP contribution in [0.2, 0.25) is 0 Å². The van der Waals surface area contributed by atoms with Crippen molar-refractivity contribution in [1.82, 2.24) is 34.5 Å². The van der Waals surface area contributed by atoms with Gasteiger partial charge in [-0.1, -0.05) is 35.6 Å². The molecular weight excluding hydrogens is 1270 g/mol. The number of hydrogen-bond acceptors (Lipinski definition) is 21. The molecule has 508 valence electrons. The van der Waals surface area contributed by atoms with Crippen molar-refractivity contribution in [3.8, 4) is 22.5 Å². The van der Waals surface area contributed by atoms with Gasteiger partial charge in [-0.15, -0.1) is 0 Å². The van der Waals surface area contributed by atoms with Crippen LogP contribution < -0.4 is 26.0 Å². The Morgan fingerprint density at radius 2 is 1.70 bits per heavy atom. The van der Waals surface area contributed by atoms with Crippen molar-refractivity contribution >= 4 is 82.2 Å². The number of aliphatic carboxylic acids is 1. The number of aromatic carboxylic acids is 1. The van der Waals surface area contributed by atoms with E-state index in [0.29, 0.717) is 117 Å². The van der Waals surface area contributed by atoms with Crippen LogP contribution in [0.3, 0.4) is 0 Å². The van der Waals surface area contributed by atoms with Gasteiger partial charge in [0.15, 0.2) is 22.6 Å². The van der Waals surface area contributed by atoms with Crippen molar-refractivity contribution in [2.45, 2.75) is 147 Å². The molecule has 7 heterocycles. The molecule has 0 spiro atoms. The fourth-order valence-electron chi connectivity index (χ4n) is 16.7. The molecule has 9 N–H and O–H groups in total. The number of benzene rings is 2. The van der Waals surface area contributed by atoms with E-state index in [0.717, 1.165) is 60.0 Å². The van der Waals surface area contributed by atoms with E-state index < -0.39 is 54.6 Å². The molecule has 96 heavy (non-hydrogen) atoms. The molecule has 3 aliphatic heterocycles. The molecule has 2 unspecified atom stereocenters. The second-order valence-corrected chi connectivity index (χ2v) is 28.8. The first-order valence-electron chi connectivity index (χ1n) is 32.5. The number of thiazole rings is 1. The Hall–Kier alpha value is -7.94. The topological polar surface area (TPSA) is 357 Å². The number of amides is 3. The van der Waals surface area contributed by atoms with Crippen LogP contribution in [0.25, 0.3) is 27.6 Å². The predicted octanol–water partition coefficient (Wildman–Crippen LogP) is 7.72. The summed E-state index contributed by atoms with van der Waals surface area (Å²) < 4.78 is 38.4. The fraction of sp³-hybridized carbons (Fsp3) is 0.500. The Balaban J connectivity index is 0.660. The van der Waals surface area contributed by atoms with E-state index in [4.69, 9.17) is 34.8 Å². The number of fused-ring (bicyclic) bond motifs is 2. The number of piperidine rings is 1. The molecule has 6 fully saturated rings. The number of anilines is 3. The number of carboxylic acids is 2. The number of carbonyl (C=O) groups is 5. The van der Waals surface area contributed by atoms with Gasteiger partial charge in [0.2, 0.25) is 12.2 Å². The van der Waals surface area contributed by atoms with E-state index in [2.05, 4.69) is 49.7 Å². The standard InChI is InChI=1S/C68H80N11O15PS/c1-40-46(44-13-15-51(73-53(44)60(85)86)78-23-17-42-9-4-10-45(47(42)32-78)59(84)75-63-74-58-50(96-63)11-5-21-70-58)31-71-79(40)39-67-34-65(2)33-66(3,35-67)37-68(36-65,38-67)92-28-26-76(22-7-29-95-90)43-18-24-77(25-19-43)64(89)91-27-6-8-41-12-14-49(48(30-41)72-52(80)16-20-69)93-62-56(83)54(81)55(82)57(94-62)61(87)88/h4-6,8-15,21,30-31,43,54-57,62,81-83H,7,16-20,22-28,32-39,69H2,1-3H3,(H,72,80)(H,85,86)(H,87,88)(H,70,74,75,84)/b8-6+/t54-,55-,56+,57-,62+,65?,66?,67?,68?/m0/s1. The first kappa shape index (κ1) is 68.0. The zero-order valence-corrected chi connectivity index (χ0v) is 55.4. The molecule has 6 aromatic rings. The number of hydrogen-bond donors (Lipinski definition) is 8. The quantitative estimate of drug-likeness (QED) is 0.0284. The number of carbonyl (C=O) groups excluding carboxylic acids is 3. The Labute approximate surface area is 559 Å². The van der Waals surface area contributed by atoms with Gasteiger partial charge < -0.3 is 51.0 Å². The molecule has 4 aliphatic carbocycles. The number of rotatable bonds is 23. The van der Waals surface area contributed by atoms with Gasteiger partial charge in [-0.3, -0.25) is 14.9 Å². The zero-order chi connectivity index (χ0) is 67.7. The molecule has 13 rings (SSSR count). The minimum atomic E-state index is -1.92. The average Bonchev–Trinajstić information content (AvgIpc) is 0.708. The van der Waals surface area contributed by atoms with Crippen LogP contribution in [0.5, 0.6) is 5.75 Å². The fourth-order valence-corrected chi connectivity index (χ4v) is 17.7. The van der Waals surface area contributed by atoms with Crippen molar-refractivity contribution in [2.75, 3.05) is 68.0 Å². The molecule has 2 saturated heterocycles. The summed E-state index contributed by atoms with van der Waals surface area (Å²) in [5.74, 6) is -3.02.